The second-order valence-electron chi connectivity index (χ2n) is 5.29. The van der Waals surface area contributed by atoms with Crippen LogP contribution in [0.1, 0.15) is 5.69 Å². The Morgan fingerprint density at radius 3 is 2.13 bits per heavy atom. The van der Waals surface area contributed by atoms with E-state index in [-0.39, 0.29) is 0 Å². The third-order valence-corrected chi connectivity index (χ3v) is 3.90. The summed E-state index contributed by atoms with van der Waals surface area (Å²) in [5.74, 6) is 0. The molecule has 0 aliphatic rings. The maximum atomic E-state index is 9.49. The van der Waals surface area contributed by atoms with Gasteiger partial charge in [0.25, 0.3) is 0 Å². The first-order chi connectivity index (χ1) is 11.4. The zero-order valence-electron chi connectivity index (χ0n) is 12.3. The second kappa shape index (κ2) is 5.43. The van der Waals surface area contributed by atoms with E-state index in [2.05, 4.69) is 35.3 Å². The number of hydrogen-bond donors (Lipinski definition) is 0. The molecule has 0 saturated heterocycles. The van der Waals surface area contributed by atoms with Gasteiger partial charge in [0, 0.05) is 11.8 Å². The highest BCUT2D eigenvalue weighted by atomic mass is 15.0. The van der Waals surface area contributed by atoms with Gasteiger partial charge in [0.05, 0.1) is 0 Å². The Kier molecular flexibility index (Phi) is 3.14. The smallest absolute Gasteiger partial charge is 0.152 e. The summed E-state index contributed by atoms with van der Waals surface area (Å²) in [4.78, 5) is 4.60. The Morgan fingerprint density at radius 2 is 1.39 bits per heavy atom. The molecular weight excluding hydrogens is 282 g/mol. The third-order valence-electron chi connectivity index (χ3n) is 3.90. The molecule has 0 amide bonds. The molecule has 23 heavy (non-hydrogen) atoms. The summed E-state index contributed by atoms with van der Waals surface area (Å²) in [7, 11) is 0. The number of benzene rings is 2. The van der Waals surface area contributed by atoms with Crippen LogP contribution < -0.4 is 0 Å². The van der Waals surface area contributed by atoms with Crippen molar-refractivity contribution in [2.75, 3.05) is 0 Å². The normalized spacial score (nSPS) is 10.6. The van der Waals surface area contributed by atoms with Crippen molar-refractivity contribution in [2.24, 2.45) is 0 Å². The van der Waals surface area contributed by atoms with Gasteiger partial charge in [0.15, 0.2) is 5.69 Å². The Balaban J connectivity index is 1.81. The molecule has 0 spiro atoms. The minimum absolute atomic E-state index is 0.563. The van der Waals surface area contributed by atoms with Crippen molar-refractivity contribution in [2.45, 2.75) is 0 Å². The molecule has 0 aliphatic heterocycles. The standard InChI is InChI=1S/C20H13N3/c21-14-18-20(22-19-8-4-5-13-23(18)19)17-11-9-16(10-12-17)15-6-2-1-3-7-15/h1-13H. The maximum absolute atomic E-state index is 9.49. The van der Waals surface area contributed by atoms with E-state index in [4.69, 9.17) is 0 Å². The first-order valence-corrected chi connectivity index (χ1v) is 7.40. The molecule has 0 bridgehead atoms. The lowest BCUT2D eigenvalue weighted by atomic mass is 10.0. The summed E-state index contributed by atoms with van der Waals surface area (Å²) in [6.07, 6.45) is 1.86. The van der Waals surface area contributed by atoms with Gasteiger partial charge in [-0.1, -0.05) is 60.7 Å². The fourth-order valence-electron chi connectivity index (χ4n) is 2.76. The van der Waals surface area contributed by atoms with Crippen molar-refractivity contribution >= 4 is 5.65 Å². The van der Waals surface area contributed by atoms with Crippen molar-refractivity contribution in [3.63, 3.8) is 0 Å². The van der Waals surface area contributed by atoms with Crippen LogP contribution in [0.3, 0.4) is 0 Å². The number of fused-ring (bicyclic) bond motifs is 1. The van der Waals surface area contributed by atoms with E-state index < -0.39 is 0 Å². The quantitative estimate of drug-likeness (QED) is 0.544. The Bertz CT molecular complexity index is 1010. The van der Waals surface area contributed by atoms with E-state index in [0.29, 0.717) is 5.69 Å². The largest absolute Gasteiger partial charge is 0.291 e. The van der Waals surface area contributed by atoms with Crippen LogP contribution in [-0.2, 0) is 0 Å². The van der Waals surface area contributed by atoms with Crippen molar-refractivity contribution in [1.82, 2.24) is 9.38 Å². The number of imidazole rings is 1. The van der Waals surface area contributed by atoms with Gasteiger partial charge in [-0.05, 0) is 23.3 Å². The van der Waals surface area contributed by atoms with Crippen LogP contribution in [0.15, 0.2) is 79.0 Å². The SMILES string of the molecule is N#Cc1c(-c2ccc(-c3ccccc3)cc2)nc2ccccn12. The van der Waals surface area contributed by atoms with E-state index in [9.17, 15) is 5.26 Å². The first kappa shape index (κ1) is 13.3. The van der Waals surface area contributed by atoms with Crippen LogP contribution in [0.5, 0.6) is 0 Å². The van der Waals surface area contributed by atoms with Gasteiger partial charge >= 0.3 is 0 Å². The highest BCUT2D eigenvalue weighted by Gasteiger charge is 2.13. The highest BCUT2D eigenvalue weighted by Crippen LogP contribution is 2.27. The molecule has 2 aromatic heterocycles. The predicted octanol–water partition coefficient (Wildman–Crippen LogP) is 4.54. The average molecular weight is 295 g/mol. The van der Waals surface area contributed by atoms with Crippen molar-refractivity contribution in [1.29, 1.82) is 5.26 Å². The van der Waals surface area contributed by atoms with Crippen LogP contribution >= 0.6 is 0 Å². The lowest BCUT2D eigenvalue weighted by Crippen LogP contribution is -1.88. The highest BCUT2D eigenvalue weighted by molar-refractivity contribution is 5.73. The average Bonchev–Trinajstić information content (AvgIpc) is 3.01. The lowest BCUT2D eigenvalue weighted by Gasteiger charge is -2.03. The van der Waals surface area contributed by atoms with E-state index in [1.54, 1.807) is 0 Å². The molecule has 0 N–H and O–H groups in total. The molecule has 0 atom stereocenters. The molecule has 3 heteroatoms. The number of aromatic nitrogens is 2. The van der Waals surface area contributed by atoms with E-state index in [0.717, 1.165) is 22.5 Å². The number of nitrogens with zero attached hydrogens (tertiary/aromatic N) is 3. The molecule has 4 rings (SSSR count). The van der Waals surface area contributed by atoms with Crippen LogP contribution in [0.2, 0.25) is 0 Å². The molecule has 2 heterocycles. The van der Waals surface area contributed by atoms with Crippen LogP contribution in [0, 0.1) is 11.3 Å². The molecular formula is C20H13N3. The molecule has 0 aliphatic carbocycles. The number of nitriles is 1. The number of pyridine rings is 1. The van der Waals surface area contributed by atoms with Crippen molar-refractivity contribution in [3.05, 3.63) is 84.7 Å². The summed E-state index contributed by atoms with van der Waals surface area (Å²) in [6, 6.07) is 26.4. The zero-order valence-corrected chi connectivity index (χ0v) is 12.3. The Morgan fingerprint density at radius 1 is 0.739 bits per heavy atom. The zero-order chi connectivity index (χ0) is 15.6. The molecule has 0 saturated carbocycles. The van der Waals surface area contributed by atoms with Gasteiger partial charge in [0.1, 0.15) is 17.4 Å². The fraction of sp³-hybridized carbons (Fsp3) is 0. The summed E-state index contributed by atoms with van der Waals surface area (Å²) in [6.45, 7) is 0. The summed E-state index contributed by atoms with van der Waals surface area (Å²) < 4.78 is 1.82. The molecule has 0 unspecified atom stereocenters. The van der Waals surface area contributed by atoms with Gasteiger partial charge in [0.2, 0.25) is 0 Å². The molecule has 0 radical (unpaired) electrons. The monoisotopic (exact) mass is 295 g/mol. The Hall–Kier alpha value is -3.38. The van der Waals surface area contributed by atoms with Gasteiger partial charge in [-0.25, -0.2) is 4.98 Å². The maximum Gasteiger partial charge on any atom is 0.152 e. The molecule has 0 fully saturated rings. The van der Waals surface area contributed by atoms with E-state index >= 15 is 0 Å². The van der Waals surface area contributed by atoms with Crippen LogP contribution in [-0.4, -0.2) is 9.38 Å². The summed E-state index contributed by atoms with van der Waals surface area (Å²) in [5, 5.41) is 9.49. The number of hydrogen-bond acceptors (Lipinski definition) is 2. The Labute approximate surface area is 134 Å². The fourth-order valence-corrected chi connectivity index (χ4v) is 2.76. The van der Waals surface area contributed by atoms with Gasteiger partial charge < -0.3 is 0 Å². The van der Waals surface area contributed by atoms with Crippen LogP contribution in [0.25, 0.3) is 28.0 Å². The third kappa shape index (κ3) is 2.27. The molecule has 2 aromatic carbocycles. The molecule has 4 aromatic rings. The van der Waals surface area contributed by atoms with E-state index in [1.165, 1.54) is 5.56 Å². The lowest BCUT2D eigenvalue weighted by molar-refractivity contribution is 1.15. The minimum atomic E-state index is 0.563. The van der Waals surface area contributed by atoms with Crippen LogP contribution in [0.4, 0.5) is 0 Å². The first-order valence-electron chi connectivity index (χ1n) is 7.40. The topological polar surface area (TPSA) is 41.1 Å². The number of rotatable bonds is 2. The van der Waals surface area contributed by atoms with E-state index in [1.807, 2.05) is 59.1 Å². The summed E-state index contributed by atoms with van der Waals surface area (Å²) >= 11 is 0. The predicted molar refractivity (Wildman–Crippen MR) is 90.8 cm³/mol. The second-order valence-corrected chi connectivity index (χ2v) is 5.29. The van der Waals surface area contributed by atoms with Gasteiger partial charge in [-0.2, -0.15) is 5.26 Å². The van der Waals surface area contributed by atoms with Crippen molar-refractivity contribution in [3.8, 4) is 28.5 Å². The molecule has 3 nitrogen and oxygen atoms in total. The minimum Gasteiger partial charge on any atom is -0.291 e. The summed E-state index contributed by atoms with van der Waals surface area (Å²) in [5.41, 5.74) is 5.34. The van der Waals surface area contributed by atoms with Crippen molar-refractivity contribution < 1.29 is 0 Å². The van der Waals surface area contributed by atoms with Gasteiger partial charge in [-0.15, -0.1) is 0 Å². The molecule has 108 valence electrons. The van der Waals surface area contributed by atoms with Gasteiger partial charge in [-0.3, -0.25) is 4.40 Å².